The van der Waals surface area contributed by atoms with Crippen molar-refractivity contribution in [2.24, 2.45) is 5.92 Å². The fraction of sp³-hybridized carbons (Fsp3) is 0.529. The molecule has 1 unspecified atom stereocenters. The van der Waals surface area contributed by atoms with Crippen molar-refractivity contribution in [3.8, 4) is 0 Å². The molecule has 118 valence electrons. The van der Waals surface area contributed by atoms with Gasteiger partial charge in [-0.25, -0.2) is 0 Å². The Morgan fingerprint density at radius 3 is 2.73 bits per heavy atom. The molecule has 1 aromatic rings. The van der Waals surface area contributed by atoms with Crippen molar-refractivity contribution in [1.29, 1.82) is 0 Å². The van der Waals surface area contributed by atoms with E-state index in [0.717, 1.165) is 17.9 Å². The minimum Gasteiger partial charge on any atom is -0.481 e. The molecule has 1 saturated heterocycles. The standard InChI is InChI=1S/C17H21NO3S/c19-16(18-6-7-22-11-14(18)10-17(20)21)9-13-8-15(13)12-4-2-1-3-5-12/h1-5,13-15H,6-11H2,(H,20,21)/t13-,14?,15-/m0/s1. The molecule has 0 bridgehead atoms. The number of rotatable bonds is 5. The van der Waals surface area contributed by atoms with Gasteiger partial charge in [0, 0.05) is 24.5 Å². The Kier molecular flexibility index (Phi) is 4.71. The Balaban J connectivity index is 1.56. The molecule has 1 aliphatic carbocycles. The summed E-state index contributed by atoms with van der Waals surface area (Å²) < 4.78 is 0. The maximum Gasteiger partial charge on any atom is 0.305 e. The zero-order valence-corrected chi connectivity index (χ0v) is 13.3. The average Bonchev–Trinajstić information content (AvgIpc) is 3.27. The minimum absolute atomic E-state index is 0.0610. The van der Waals surface area contributed by atoms with Crippen LogP contribution in [0.25, 0.3) is 0 Å². The number of carbonyl (C=O) groups excluding carboxylic acids is 1. The second kappa shape index (κ2) is 6.73. The van der Waals surface area contributed by atoms with E-state index in [0.29, 0.717) is 24.8 Å². The van der Waals surface area contributed by atoms with E-state index in [9.17, 15) is 9.59 Å². The summed E-state index contributed by atoms with van der Waals surface area (Å²) in [5.41, 5.74) is 1.32. The SMILES string of the molecule is O=C(O)CC1CSCCN1C(=O)C[C@@H]1C[C@H]1c1ccccc1. The molecule has 0 radical (unpaired) electrons. The van der Waals surface area contributed by atoms with Gasteiger partial charge in [0.15, 0.2) is 0 Å². The lowest BCUT2D eigenvalue weighted by molar-refractivity contribution is -0.140. The topological polar surface area (TPSA) is 57.6 Å². The summed E-state index contributed by atoms with van der Waals surface area (Å²) in [5, 5.41) is 9.00. The lowest BCUT2D eigenvalue weighted by atomic mass is 10.1. The van der Waals surface area contributed by atoms with E-state index in [2.05, 4.69) is 12.1 Å². The highest BCUT2D eigenvalue weighted by atomic mass is 32.2. The van der Waals surface area contributed by atoms with E-state index in [1.165, 1.54) is 5.56 Å². The Labute approximate surface area is 134 Å². The van der Waals surface area contributed by atoms with E-state index < -0.39 is 5.97 Å². The number of carbonyl (C=O) groups is 2. The first-order valence-electron chi connectivity index (χ1n) is 7.79. The van der Waals surface area contributed by atoms with Crippen molar-refractivity contribution in [3.05, 3.63) is 35.9 Å². The quantitative estimate of drug-likeness (QED) is 0.906. The van der Waals surface area contributed by atoms with Crippen molar-refractivity contribution >= 4 is 23.6 Å². The molecule has 1 aromatic carbocycles. The normalized spacial score (nSPS) is 27.5. The van der Waals surface area contributed by atoms with Gasteiger partial charge >= 0.3 is 5.97 Å². The minimum atomic E-state index is -0.820. The summed E-state index contributed by atoms with van der Waals surface area (Å²) in [6.07, 6.45) is 1.69. The first kappa shape index (κ1) is 15.4. The van der Waals surface area contributed by atoms with Gasteiger partial charge in [-0.15, -0.1) is 0 Å². The first-order valence-corrected chi connectivity index (χ1v) is 8.94. The number of carboxylic acids is 1. The average molecular weight is 319 g/mol. The highest BCUT2D eigenvalue weighted by molar-refractivity contribution is 7.99. The van der Waals surface area contributed by atoms with Gasteiger partial charge < -0.3 is 10.0 Å². The maximum absolute atomic E-state index is 12.5. The summed E-state index contributed by atoms with van der Waals surface area (Å²) in [6, 6.07) is 10.2. The van der Waals surface area contributed by atoms with Crippen LogP contribution in [0.1, 0.15) is 30.7 Å². The van der Waals surface area contributed by atoms with Crippen LogP contribution in [0.4, 0.5) is 0 Å². The Hall–Kier alpha value is -1.49. The molecule has 3 atom stereocenters. The van der Waals surface area contributed by atoms with Crippen LogP contribution in [0.5, 0.6) is 0 Å². The van der Waals surface area contributed by atoms with E-state index in [4.69, 9.17) is 5.11 Å². The lowest BCUT2D eigenvalue weighted by Gasteiger charge is -2.34. The highest BCUT2D eigenvalue weighted by Gasteiger charge is 2.41. The fourth-order valence-electron chi connectivity index (χ4n) is 3.28. The van der Waals surface area contributed by atoms with Crippen LogP contribution in [0.3, 0.4) is 0 Å². The Morgan fingerprint density at radius 1 is 1.23 bits per heavy atom. The smallest absolute Gasteiger partial charge is 0.305 e. The van der Waals surface area contributed by atoms with Crippen LogP contribution in [0.2, 0.25) is 0 Å². The molecular formula is C17H21NO3S. The molecule has 5 heteroatoms. The van der Waals surface area contributed by atoms with Gasteiger partial charge in [0.05, 0.1) is 12.5 Å². The van der Waals surface area contributed by atoms with Gasteiger partial charge in [0.1, 0.15) is 0 Å². The predicted molar refractivity (Wildman–Crippen MR) is 87.0 cm³/mol. The number of benzene rings is 1. The number of nitrogens with zero attached hydrogens (tertiary/aromatic N) is 1. The second-order valence-electron chi connectivity index (χ2n) is 6.13. The molecule has 22 heavy (non-hydrogen) atoms. The molecule has 1 amide bonds. The molecule has 3 rings (SSSR count). The van der Waals surface area contributed by atoms with Crippen molar-refractivity contribution < 1.29 is 14.7 Å². The molecular weight excluding hydrogens is 298 g/mol. The predicted octanol–water partition coefficient (Wildman–Crippen LogP) is 2.60. The monoisotopic (exact) mass is 319 g/mol. The van der Waals surface area contributed by atoms with Crippen LogP contribution in [-0.4, -0.2) is 46.0 Å². The van der Waals surface area contributed by atoms with Crippen LogP contribution in [-0.2, 0) is 9.59 Å². The molecule has 0 aromatic heterocycles. The van der Waals surface area contributed by atoms with Gasteiger partial charge in [0.2, 0.25) is 5.91 Å². The van der Waals surface area contributed by atoms with Crippen LogP contribution in [0.15, 0.2) is 30.3 Å². The van der Waals surface area contributed by atoms with Crippen molar-refractivity contribution in [2.75, 3.05) is 18.1 Å². The summed E-state index contributed by atoms with van der Waals surface area (Å²) in [5.74, 6) is 1.89. The summed E-state index contributed by atoms with van der Waals surface area (Å²) in [7, 11) is 0. The Morgan fingerprint density at radius 2 is 2.00 bits per heavy atom. The third-order valence-corrected chi connectivity index (χ3v) is 5.64. The molecule has 1 aliphatic heterocycles. The van der Waals surface area contributed by atoms with Crippen LogP contribution < -0.4 is 0 Å². The molecule has 4 nitrogen and oxygen atoms in total. The van der Waals surface area contributed by atoms with Crippen molar-refractivity contribution in [2.45, 2.75) is 31.2 Å². The lowest BCUT2D eigenvalue weighted by Crippen LogP contribution is -2.47. The number of amides is 1. The fourth-order valence-corrected chi connectivity index (χ4v) is 4.34. The number of hydrogen-bond acceptors (Lipinski definition) is 3. The highest BCUT2D eigenvalue weighted by Crippen LogP contribution is 2.49. The van der Waals surface area contributed by atoms with E-state index in [1.807, 2.05) is 23.1 Å². The van der Waals surface area contributed by atoms with Gasteiger partial charge in [-0.3, -0.25) is 9.59 Å². The van der Waals surface area contributed by atoms with Crippen LogP contribution >= 0.6 is 11.8 Å². The number of hydrogen-bond donors (Lipinski definition) is 1. The van der Waals surface area contributed by atoms with Crippen LogP contribution in [0, 0.1) is 5.92 Å². The first-order chi connectivity index (χ1) is 10.6. The zero-order valence-electron chi connectivity index (χ0n) is 12.5. The van der Waals surface area contributed by atoms with Gasteiger partial charge in [-0.1, -0.05) is 30.3 Å². The van der Waals surface area contributed by atoms with E-state index in [1.54, 1.807) is 11.8 Å². The Bertz CT molecular complexity index is 548. The van der Waals surface area contributed by atoms with Gasteiger partial charge in [-0.05, 0) is 23.8 Å². The second-order valence-corrected chi connectivity index (χ2v) is 7.28. The molecule has 1 saturated carbocycles. The number of carboxylic acid groups (broad SMARTS) is 1. The molecule has 1 heterocycles. The summed E-state index contributed by atoms with van der Waals surface area (Å²) in [4.78, 5) is 25.3. The third-order valence-electron chi connectivity index (χ3n) is 4.55. The van der Waals surface area contributed by atoms with Crippen molar-refractivity contribution in [3.63, 3.8) is 0 Å². The third kappa shape index (κ3) is 3.64. The largest absolute Gasteiger partial charge is 0.481 e. The zero-order chi connectivity index (χ0) is 15.5. The maximum atomic E-state index is 12.5. The number of aliphatic carboxylic acids is 1. The molecule has 1 N–H and O–H groups in total. The summed E-state index contributed by atoms with van der Waals surface area (Å²) in [6.45, 7) is 0.685. The van der Waals surface area contributed by atoms with Gasteiger partial charge in [-0.2, -0.15) is 11.8 Å². The summed E-state index contributed by atoms with van der Waals surface area (Å²) >= 11 is 1.74. The number of thioether (sulfide) groups is 1. The molecule has 0 spiro atoms. The van der Waals surface area contributed by atoms with E-state index >= 15 is 0 Å². The van der Waals surface area contributed by atoms with Gasteiger partial charge in [0.25, 0.3) is 0 Å². The molecule has 2 aliphatic rings. The van der Waals surface area contributed by atoms with E-state index in [-0.39, 0.29) is 18.4 Å². The molecule has 2 fully saturated rings. The van der Waals surface area contributed by atoms with Crippen molar-refractivity contribution in [1.82, 2.24) is 4.90 Å².